The van der Waals surface area contributed by atoms with E-state index in [1.165, 1.54) is 0 Å². The van der Waals surface area contributed by atoms with E-state index in [1.54, 1.807) is 5.06 Å². The van der Waals surface area contributed by atoms with Crippen LogP contribution in [0.2, 0.25) is 0 Å². The molecular weight excluding hydrogens is 342 g/mol. The SMILES string of the molecule is CC(C)(C)O[C@H]1[C@H]2[C@H]3[C@H](O[C@H](CO)[C@@H](O)[C@@H]3O)ON2C[C@@H]1OC(C)(C)C. The number of aliphatic hydroxyl groups excluding tert-OH is 3. The van der Waals surface area contributed by atoms with Crippen LogP contribution in [0.25, 0.3) is 0 Å². The van der Waals surface area contributed by atoms with E-state index < -0.39 is 36.1 Å². The van der Waals surface area contributed by atoms with E-state index in [-0.39, 0.29) is 30.5 Å². The molecule has 152 valence electrons. The minimum Gasteiger partial charge on any atom is -0.394 e. The third-order valence-electron chi connectivity index (χ3n) is 4.95. The molecule has 0 unspecified atom stereocenters. The third-order valence-corrected chi connectivity index (χ3v) is 4.95. The molecule has 26 heavy (non-hydrogen) atoms. The zero-order valence-corrected chi connectivity index (χ0v) is 16.5. The molecule has 0 aromatic heterocycles. The van der Waals surface area contributed by atoms with Gasteiger partial charge in [-0.05, 0) is 41.5 Å². The zero-order valence-electron chi connectivity index (χ0n) is 16.5. The quantitative estimate of drug-likeness (QED) is 0.636. The average molecular weight is 375 g/mol. The fourth-order valence-electron chi connectivity index (χ4n) is 4.12. The number of aliphatic hydroxyl groups is 3. The van der Waals surface area contributed by atoms with Gasteiger partial charge in [-0.3, -0.25) is 4.84 Å². The fraction of sp³-hybridized carbons (Fsp3) is 1.00. The van der Waals surface area contributed by atoms with E-state index in [0.717, 1.165) is 0 Å². The van der Waals surface area contributed by atoms with E-state index in [9.17, 15) is 15.3 Å². The van der Waals surface area contributed by atoms with Gasteiger partial charge in [0.15, 0.2) is 6.29 Å². The van der Waals surface area contributed by atoms with Gasteiger partial charge in [0.25, 0.3) is 0 Å². The van der Waals surface area contributed by atoms with Gasteiger partial charge in [0.2, 0.25) is 0 Å². The summed E-state index contributed by atoms with van der Waals surface area (Å²) < 4.78 is 18.2. The second kappa shape index (κ2) is 6.93. The lowest BCUT2D eigenvalue weighted by atomic mass is 9.84. The average Bonchev–Trinajstić information content (AvgIpc) is 2.97. The van der Waals surface area contributed by atoms with Crippen molar-refractivity contribution in [2.75, 3.05) is 13.2 Å². The summed E-state index contributed by atoms with van der Waals surface area (Å²) in [4.78, 5) is 5.90. The van der Waals surface area contributed by atoms with Crippen LogP contribution < -0.4 is 0 Å². The minimum atomic E-state index is -1.18. The number of hydrogen-bond donors (Lipinski definition) is 3. The summed E-state index contributed by atoms with van der Waals surface area (Å²) in [5.41, 5.74) is -0.766. The van der Waals surface area contributed by atoms with E-state index in [2.05, 4.69) is 0 Å². The van der Waals surface area contributed by atoms with Gasteiger partial charge in [-0.15, -0.1) is 0 Å². The number of fused-ring (bicyclic) bond motifs is 3. The first-order valence-corrected chi connectivity index (χ1v) is 9.33. The van der Waals surface area contributed by atoms with Crippen molar-refractivity contribution in [1.29, 1.82) is 0 Å². The van der Waals surface area contributed by atoms with Gasteiger partial charge in [0.1, 0.15) is 24.4 Å². The van der Waals surface area contributed by atoms with Crippen LogP contribution in [-0.4, -0.2) is 87.6 Å². The number of ether oxygens (including phenoxy) is 3. The Bertz CT molecular complexity index is 501. The van der Waals surface area contributed by atoms with E-state index >= 15 is 0 Å². The van der Waals surface area contributed by atoms with Crippen molar-refractivity contribution in [2.24, 2.45) is 5.92 Å². The number of nitrogens with zero attached hydrogens (tertiary/aromatic N) is 1. The van der Waals surface area contributed by atoms with Gasteiger partial charge in [-0.1, -0.05) is 0 Å². The molecule has 0 bridgehead atoms. The maximum atomic E-state index is 10.7. The molecule has 3 fully saturated rings. The van der Waals surface area contributed by atoms with E-state index in [4.69, 9.17) is 19.0 Å². The zero-order chi connectivity index (χ0) is 19.4. The van der Waals surface area contributed by atoms with Crippen LogP contribution in [0.1, 0.15) is 41.5 Å². The van der Waals surface area contributed by atoms with Gasteiger partial charge in [0, 0.05) is 0 Å². The minimum absolute atomic E-state index is 0.236. The van der Waals surface area contributed by atoms with Crippen molar-refractivity contribution < 1.29 is 34.4 Å². The highest BCUT2D eigenvalue weighted by molar-refractivity contribution is 5.06. The lowest BCUT2D eigenvalue weighted by Gasteiger charge is -2.41. The first-order chi connectivity index (χ1) is 11.9. The Morgan fingerprint density at radius 2 is 1.62 bits per heavy atom. The van der Waals surface area contributed by atoms with Crippen molar-refractivity contribution in [3.8, 4) is 0 Å². The largest absolute Gasteiger partial charge is 0.394 e. The fourth-order valence-corrected chi connectivity index (χ4v) is 4.12. The summed E-state index contributed by atoms with van der Waals surface area (Å²) in [5.74, 6) is -0.492. The topological polar surface area (TPSA) is 101 Å². The molecule has 3 aliphatic rings. The van der Waals surface area contributed by atoms with Crippen LogP contribution in [0.4, 0.5) is 0 Å². The molecule has 8 heteroatoms. The molecule has 8 nitrogen and oxygen atoms in total. The standard InChI is InChI=1S/C18H33NO7/c1-17(2,3)24-9-7-19-12(15(9)25-18(4,5)6)11-14(22)13(21)10(8-20)23-16(11)26-19/h9-16,20-22H,7-8H2,1-6H3/t9-,10+,11+,12+,13+,14+,15+,16+/m0/s1. The monoisotopic (exact) mass is 375 g/mol. The highest BCUT2D eigenvalue weighted by atomic mass is 16.8. The molecule has 3 saturated heterocycles. The molecule has 3 rings (SSSR count). The molecule has 0 saturated carbocycles. The van der Waals surface area contributed by atoms with E-state index in [0.29, 0.717) is 6.54 Å². The second-order valence-electron chi connectivity index (χ2n) is 9.44. The smallest absolute Gasteiger partial charge is 0.185 e. The summed E-state index contributed by atoms with van der Waals surface area (Å²) in [7, 11) is 0. The van der Waals surface area contributed by atoms with Crippen LogP contribution >= 0.6 is 0 Å². The predicted octanol–water partition coefficient (Wildman–Crippen LogP) is 0.0384. The summed E-state index contributed by atoms with van der Waals surface area (Å²) >= 11 is 0. The molecule has 0 spiro atoms. The van der Waals surface area contributed by atoms with Gasteiger partial charge in [-0.2, -0.15) is 5.06 Å². The Labute approximate surface area is 154 Å². The number of rotatable bonds is 3. The lowest BCUT2D eigenvalue weighted by Crippen LogP contribution is -2.59. The second-order valence-corrected chi connectivity index (χ2v) is 9.44. The Kier molecular flexibility index (Phi) is 5.44. The molecule has 0 radical (unpaired) electrons. The van der Waals surface area contributed by atoms with Gasteiger partial charge in [0.05, 0.1) is 42.4 Å². The molecule has 3 N–H and O–H groups in total. The highest BCUT2D eigenvalue weighted by Gasteiger charge is 2.62. The maximum Gasteiger partial charge on any atom is 0.185 e. The van der Waals surface area contributed by atoms with Crippen LogP contribution in [0.15, 0.2) is 0 Å². The number of hydrogen-bond acceptors (Lipinski definition) is 8. The first-order valence-electron chi connectivity index (χ1n) is 9.33. The van der Waals surface area contributed by atoms with Crippen LogP contribution in [-0.2, 0) is 19.0 Å². The van der Waals surface area contributed by atoms with Gasteiger partial charge < -0.3 is 29.5 Å². The van der Waals surface area contributed by atoms with E-state index in [1.807, 2.05) is 41.5 Å². The van der Waals surface area contributed by atoms with Gasteiger partial charge >= 0.3 is 0 Å². The highest BCUT2D eigenvalue weighted by Crippen LogP contribution is 2.45. The normalized spacial score (nSPS) is 44.2. The van der Waals surface area contributed by atoms with Crippen molar-refractivity contribution in [1.82, 2.24) is 5.06 Å². The predicted molar refractivity (Wildman–Crippen MR) is 92.1 cm³/mol. The lowest BCUT2D eigenvalue weighted by molar-refractivity contribution is -0.301. The molecule has 3 heterocycles. The number of hydroxylamine groups is 2. The Morgan fingerprint density at radius 1 is 1.00 bits per heavy atom. The summed E-state index contributed by atoms with van der Waals surface area (Å²) in [6.07, 6.45) is -4.43. The molecule has 0 aromatic rings. The van der Waals surface area contributed by atoms with Crippen LogP contribution in [0.3, 0.4) is 0 Å². The van der Waals surface area contributed by atoms with Crippen molar-refractivity contribution >= 4 is 0 Å². The molecule has 8 atom stereocenters. The summed E-state index contributed by atoms with van der Waals surface area (Å²) in [5, 5.41) is 32.1. The summed E-state index contributed by atoms with van der Waals surface area (Å²) in [6.45, 7) is 12.0. The molecule has 0 amide bonds. The van der Waals surface area contributed by atoms with Gasteiger partial charge in [-0.25, -0.2) is 0 Å². The third kappa shape index (κ3) is 3.93. The Hall–Kier alpha value is -0.320. The van der Waals surface area contributed by atoms with Crippen molar-refractivity contribution in [3.05, 3.63) is 0 Å². The molecule has 0 aromatic carbocycles. The van der Waals surface area contributed by atoms with Crippen molar-refractivity contribution in [3.63, 3.8) is 0 Å². The van der Waals surface area contributed by atoms with Crippen LogP contribution in [0.5, 0.6) is 0 Å². The maximum absolute atomic E-state index is 10.7. The molecule has 0 aliphatic carbocycles. The van der Waals surface area contributed by atoms with Crippen molar-refractivity contribution in [2.45, 2.75) is 95.6 Å². The Morgan fingerprint density at radius 3 is 2.15 bits per heavy atom. The summed E-state index contributed by atoms with van der Waals surface area (Å²) in [6, 6.07) is -0.309. The molecule has 3 aliphatic heterocycles. The van der Waals surface area contributed by atoms with Crippen LogP contribution in [0, 0.1) is 5.92 Å². The first kappa shape index (κ1) is 20.4. The molecular formula is C18H33NO7. The Balaban J connectivity index is 1.86.